The van der Waals surface area contributed by atoms with Crippen molar-refractivity contribution in [2.24, 2.45) is 0 Å². The Morgan fingerprint density at radius 1 is 1.41 bits per heavy atom. The van der Waals surface area contributed by atoms with Crippen LogP contribution >= 0.6 is 23.2 Å². The van der Waals surface area contributed by atoms with E-state index in [0.29, 0.717) is 16.3 Å². The van der Waals surface area contributed by atoms with E-state index in [1.807, 2.05) is 12.1 Å². The second-order valence-electron chi connectivity index (χ2n) is 4.34. The van der Waals surface area contributed by atoms with Crippen molar-refractivity contribution in [1.29, 1.82) is 0 Å². The zero-order chi connectivity index (χ0) is 12.4. The molecule has 2 heterocycles. The van der Waals surface area contributed by atoms with E-state index < -0.39 is 0 Å². The van der Waals surface area contributed by atoms with Gasteiger partial charge in [0.05, 0.1) is 12.7 Å². The van der Waals surface area contributed by atoms with E-state index in [2.05, 4.69) is 23.7 Å². The van der Waals surface area contributed by atoms with E-state index in [1.165, 1.54) is 0 Å². The van der Waals surface area contributed by atoms with Gasteiger partial charge in [-0.05, 0) is 25.5 Å². The fourth-order valence-corrected chi connectivity index (χ4v) is 2.49. The molecule has 1 aliphatic heterocycles. The molecule has 1 aromatic rings. The Morgan fingerprint density at radius 3 is 2.65 bits per heavy atom. The molecular weight excluding hydrogens is 259 g/mol. The van der Waals surface area contributed by atoms with E-state index in [4.69, 9.17) is 27.9 Å². The predicted molar refractivity (Wildman–Crippen MR) is 71.1 cm³/mol. The maximum atomic E-state index is 5.93. The van der Waals surface area contributed by atoms with Crippen molar-refractivity contribution in [3.8, 4) is 0 Å². The summed E-state index contributed by atoms with van der Waals surface area (Å²) in [6.07, 6.45) is 1.28. The summed E-state index contributed by atoms with van der Waals surface area (Å²) in [5, 5.41) is 0.860. The van der Waals surface area contributed by atoms with E-state index in [-0.39, 0.29) is 6.10 Å². The molecule has 0 aliphatic carbocycles. The van der Waals surface area contributed by atoms with Crippen LogP contribution in [0.5, 0.6) is 0 Å². The van der Waals surface area contributed by atoms with Gasteiger partial charge in [0.2, 0.25) is 0 Å². The Morgan fingerprint density at radius 2 is 2.06 bits per heavy atom. The summed E-state index contributed by atoms with van der Waals surface area (Å²) in [5.41, 5.74) is 1.02. The van der Waals surface area contributed by atoms with Crippen LogP contribution in [0, 0.1) is 0 Å². The zero-order valence-electron chi connectivity index (χ0n) is 9.99. The van der Waals surface area contributed by atoms with Crippen molar-refractivity contribution < 1.29 is 4.74 Å². The minimum Gasteiger partial charge on any atom is -0.374 e. The number of nitrogens with zero attached hydrogens (tertiary/aromatic N) is 2. The van der Waals surface area contributed by atoms with Crippen molar-refractivity contribution >= 4 is 28.9 Å². The lowest BCUT2D eigenvalue weighted by molar-refractivity contribution is 0.0207. The van der Waals surface area contributed by atoms with Gasteiger partial charge in [-0.15, -0.1) is 0 Å². The van der Waals surface area contributed by atoms with Crippen LogP contribution in [0.25, 0.3) is 0 Å². The van der Waals surface area contributed by atoms with Gasteiger partial charge in [-0.2, -0.15) is 0 Å². The van der Waals surface area contributed by atoms with Crippen LogP contribution in [-0.4, -0.2) is 30.3 Å². The van der Waals surface area contributed by atoms with Gasteiger partial charge in [0, 0.05) is 18.3 Å². The Hall–Kier alpha value is -0.510. The van der Waals surface area contributed by atoms with Crippen LogP contribution in [0.15, 0.2) is 12.1 Å². The molecule has 5 heteroatoms. The summed E-state index contributed by atoms with van der Waals surface area (Å²) in [7, 11) is 0. The number of ether oxygens (including phenoxy) is 1. The Labute approximate surface area is 112 Å². The molecule has 0 N–H and O–H groups in total. The number of hydrogen-bond donors (Lipinski definition) is 0. The van der Waals surface area contributed by atoms with E-state index >= 15 is 0 Å². The molecule has 94 valence electrons. The van der Waals surface area contributed by atoms with Crippen molar-refractivity contribution in [1.82, 2.24) is 4.98 Å². The second-order valence-corrected chi connectivity index (χ2v) is 5.11. The van der Waals surface area contributed by atoms with Crippen LogP contribution in [0.4, 0.5) is 5.69 Å². The quantitative estimate of drug-likeness (QED) is 0.773. The van der Waals surface area contributed by atoms with Gasteiger partial charge in [-0.25, -0.2) is 4.98 Å². The van der Waals surface area contributed by atoms with Crippen molar-refractivity contribution in [3.63, 3.8) is 0 Å². The minimum absolute atomic E-state index is 0.275. The van der Waals surface area contributed by atoms with Gasteiger partial charge < -0.3 is 9.64 Å². The lowest BCUT2D eigenvalue weighted by Crippen LogP contribution is -2.48. The number of halogens is 2. The third kappa shape index (κ3) is 3.03. The highest BCUT2D eigenvalue weighted by atomic mass is 35.5. The number of morpholine rings is 1. The first-order valence-electron chi connectivity index (χ1n) is 5.81. The highest BCUT2D eigenvalue weighted by Gasteiger charge is 2.25. The highest BCUT2D eigenvalue weighted by Crippen LogP contribution is 2.27. The summed E-state index contributed by atoms with van der Waals surface area (Å²) in [5.74, 6) is 0. The number of pyridine rings is 1. The minimum atomic E-state index is 0.275. The molecule has 0 saturated carbocycles. The molecule has 0 amide bonds. The number of rotatable bonds is 2. The Balaban J connectivity index is 2.24. The van der Waals surface area contributed by atoms with Gasteiger partial charge in [-0.1, -0.05) is 30.1 Å². The molecule has 0 unspecified atom stereocenters. The topological polar surface area (TPSA) is 25.4 Å². The maximum absolute atomic E-state index is 5.93. The number of hydrogen-bond acceptors (Lipinski definition) is 3. The third-order valence-corrected chi connectivity index (χ3v) is 3.43. The SMILES string of the molecule is CC[C@H]1CN(c2cc(Cl)nc(Cl)c2)[C@@H](C)CO1. The molecule has 0 bridgehead atoms. The summed E-state index contributed by atoms with van der Waals surface area (Å²) in [6, 6.07) is 4.02. The molecule has 1 aromatic heterocycles. The molecule has 0 spiro atoms. The molecule has 3 nitrogen and oxygen atoms in total. The standard InChI is InChI=1S/C12H16Cl2N2O/c1-3-10-6-16(8(2)7-17-10)9-4-11(13)15-12(14)5-9/h4-5,8,10H,3,6-7H2,1-2H3/t8-,10-/m0/s1. The molecule has 1 aliphatic rings. The van der Waals surface area contributed by atoms with Gasteiger partial charge in [0.25, 0.3) is 0 Å². The van der Waals surface area contributed by atoms with Crippen molar-refractivity contribution in [3.05, 3.63) is 22.4 Å². The largest absolute Gasteiger partial charge is 0.374 e. The van der Waals surface area contributed by atoms with Crippen LogP contribution in [0.1, 0.15) is 20.3 Å². The fourth-order valence-electron chi connectivity index (χ4n) is 2.04. The van der Waals surface area contributed by atoms with E-state index in [0.717, 1.165) is 25.3 Å². The summed E-state index contributed by atoms with van der Waals surface area (Å²) < 4.78 is 5.73. The smallest absolute Gasteiger partial charge is 0.132 e. The first kappa shape index (κ1) is 12.9. The Kier molecular flexibility index (Phi) is 4.13. The second kappa shape index (κ2) is 5.42. The normalized spacial score (nSPS) is 25.1. The van der Waals surface area contributed by atoms with Gasteiger partial charge in [-0.3, -0.25) is 0 Å². The lowest BCUT2D eigenvalue weighted by atomic mass is 10.1. The molecule has 0 aromatic carbocycles. The first-order valence-corrected chi connectivity index (χ1v) is 6.57. The number of aromatic nitrogens is 1. The molecule has 2 atom stereocenters. The molecule has 1 fully saturated rings. The third-order valence-electron chi connectivity index (χ3n) is 3.04. The first-order chi connectivity index (χ1) is 8.10. The van der Waals surface area contributed by atoms with Gasteiger partial charge >= 0.3 is 0 Å². The summed E-state index contributed by atoms with van der Waals surface area (Å²) in [6.45, 7) is 5.86. The van der Waals surface area contributed by atoms with E-state index in [1.54, 1.807) is 0 Å². The van der Waals surface area contributed by atoms with Gasteiger partial charge in [0.1, 0.15) is 10.3 Å². The average molecular weight is 275 g/mol. The maximum Gasteiger partial charge on any atom is 0.132 e. The van der Waals surface area contributed by atoms with Crippen LogP contribution in [-0.2, 0) is 4.74 Å². The molecule has 1 saturated heterocycles. The van der Waals surface area contributed by atoms with Crippen LogP contribution in [0.2, 0.25) is 10.3 Å². The molecular formula is C12H16Cl2N2O. The number of anilines is 1. The summed E-state index contributed by atoms with van der Waals surface area (Å²) >= 11 is 11.9. The molecule has 0 radical (unpaired) electrons. The fraction of sp³-hybridized carbons (Fsp3) is 0.583. The van der Waals surface area contributed by atoms with Gasteiger partial charge in [0.15, 0.2) is 0 Å². The average Bonchev–Trinajstić information content (AvgIpc) is 2.28. The van der Waals surface area contributed by atoms with E-state index in [9.17, 15) is 0 Å². The van der Waals surface area contributed by atoms with Crippen LogP contribution < -0.4 is 4.90 Å². The molecule has 17 heavy (non-hydrogen) atoms. The van der Waals surface area contributed by atoms with Crippen LogP contribution in [0.3, 0.4) is 0 Å². The Bertz CT molecular complexity index is 380. The molecule has 2 rings (SSSR count). The zero-order valence-corrected chi connectivity index (χ0v) is 11.5. The highest BCUT2D eigenvalue weighted by molar-refractivity contribution is 6.32. The predicted octanol–water partition coefficient (Wildman–Crippen LogP) is 3.39. The van der Waals surface area contributed by atoms with Crippen molar-refractivity contribution in [2.75, 3.05) is 18.1 Å². The van der Waals surface area contributed by atoms with Crippen molar-refractivity contribution in [2.45, 2.75) is 32.4 Å². The monoisotopic (exact) mass is 274 g/mol. The summed E-state index contributed by atoms with van der Waals surface area (Å²) in [4.78, 5) is 6.24. The lowest BCUT2D eigenvalue weighted by Gasteiger charge is -2.39.